The second-order valence-electron chi connectivity index (χ2n) is 5.45. The number of nitrogens with one attached hydrogen (secondary N) is 2. The molecule has 128 valence electrons. The van der Waals surface area contributed by atoms with Crippen LogP contribution in [0.4, 0.5) is 16.2 Å². The Kier molecular flexibility index (Phi) is 5.49. The van der Waals surface area contributed by atoms with Gasteiger partial charge >= 0.3 is 6.03 Å². The molecule has 0 fully saturated rings. The minimum absolute atomic E-state index is 0.342. The maximum absolute atomic E-state index is 11.7. The van der Waals surface area contributed by atoms with Crippen LogP contribution in [0.2, 0.25) is 0 Å². The van der Waals surface area contributed by atoms with Crippen molar-refractivity contribution in [1.82, 2.24) is 10.4 Å². The molecule has 24 heavy (non-hydrogen) atoms. The van der Waals surface area contributed by atoms with Crippen molar-refractivity contribution in [2.45, 2.75) is 6.92 Å². The zero-order chi connectivity index (χ0) is 17.7. The van der Waals surface area contributed by atoms with Crippen LogP contribution in [0.25, 0.3) is 0 Å². The molecule has 0 aromatic heterocycles. The normalized spacial score (nSPS) is 10.4. The molecule has 2 aromatic rings. The fourth-order valence-corrected chi connectivity index (χ4v) is 2.10. The van der Waals surface area contributed by atoms with E-state index in [0.29, 0.717) is 28.6 Å². The highest BCUT2D eigenvalue weighted by Crippen LogP contribution is 2.35. The molecule has 0 saturated heterocycles. The van der Waals surface area contributed by atoms with Gasteiger partial charge in [0.1, 0.15) is 5.75 Å². The number of hydrogen-bond acceptors (Lipinski definition) is 5. The van der Waals surface area contributed by atoms with E-state index in [2.05, 4.69) is 10.7 Å². The molecular weight excluding hydrogens is 308 g/mol. The molecular formula is C17H22N4O3. The lowest BCUT2D eigenvalue weighted by Gasteiger charge is -2.15. The maximum Gasteiger partial charge on any atom is 0.333 e. The molecule has 0 unspecified atom stereocenters. The Balaban J connectivity index is 2.18. The van der Waals surface area contributed by atoms with Crippen molar-refractivity contribution < 1.29 is 14.3 Å². The van der Waals surface area contributed by atoms with Crippen LogP contribution in [0.15, 0.2) is 36.4 Å². The lowest BCUT2D eigenvalue weighted by atomic mass is 10.2. The van der Waals surface area contributed by atoms with Crippen molar-refractivity contribution >= 4 is 17.4 Å². The number of urea groups is 1. The van der Waals surface area contributed by atoms with Crippen molar-refractivity contribution in [2.24, 2.45) is 0 Å². The Morgan fingerprint density at radius 1 is 1.08 bits per heavy atom. The van der Waals surface area contributed by atoms with Crippen LogP contribution in [0.3, 0.4) is 0 Å². The first-order valence-electron chi connectivity index (χ1n) is 7.36. The number of carbonyl (C=O) groups excluding carboxylic acids is 1. The number of hydrazine groups is 1. The molecule has 0 aliphatic rings. The molecule has 4 N–H and O–H groups in total. The van der Waals surface area contributed by atoms with E-state index >= 15 is 0 Å². The number of nitrogens with zero attached hydrogens (tertiary/aromatic N) is 1. The smallest absolute Gasteiger partial charge is 0.333 e. The van der Waals surface area contributed by atoms with E-state index in [0.717, 1.165) is 5.56 Å². The van der Waals surface area contributed by atoms with Gasteiger partial charge in [0, 0.05) is 31.5 Å². The molecule has 7 nitrogen and oxygen atoms in total. The molecule has 0 aliphatic heterocycles. The average Bonchev–Trinajstić information content (AvgIpc) is 2.50. The maximum atomic E-state index is 11.7. The zero-order valence-corrected chi connectivity index (χ0v) is 14.2. The van der Waals surface area contributed by atoms with Gasteiger partial charge in [-0.3, -0.25) is 5.43 Å². The summed E-state index contributed by atoms with van der Waals surface area (Å²) in [6.07, 6.45) is 0. The highest BCUT2D eigenvalue weighted by atomic mass is 16.5. The number of anilines is 2. The lowest BCUT2D eigenvalue weighted by Crippen LogP contribution is -2.39. The summed E-state index contributed by atoms with van der Waals surface area (Å²) < 4.78 is 11.2. The fourth-order valence-electron chi connectivity index (χ4n) is 2.10. The zero-order valence-electron chi connectivity index (χ0n) is 14.2. The average molecular weight is 330 g/mol. The highest BCUT2D eigenvalue weighted by Gasteiger charge is 2.10. The number of amides is 2. The first kappa shape index (κ1) is 17.4. The minimum Gasteiger partial charge on any atom is -0.493 e. The highest BCUT2D eigenvalue weighted by molar-refractivity contribution is 5.89. The summed E-state index contributed by atoms with van der Waals surface area (Å²) in [5, 5.41) is 4.26. The van der Waals surface area contributed by atoms with Crippen molar-refractivity contribution in [2.75, 3.05) is 32.3 Å². The standard InChI is InChI=1S/C17H22N4O3/c1-11-9-12(18)5-7-14(11)24-15-8-6-13(10-16(15)23-4)19-17(22)20-21(2)3/h5-10H,18H2,1-4H3,(H2,19,20,22). The van der Waals surface area contributed by atoms with Crippen molar-refractivity contribution in [3.8, 4) is 17.2 Å². The van der Waals surface area contributed by atoms with E-state index in [9.17, 15) is 4.79 Å². The van der Waals surface area contributed by atoms with E-state index in [-0.39, 0.29) is 6.03 Å². The van der Waals surface area contributed by atoms with E-state index in [1.807, 2.05) is 13.0 Å². The number of nitrogens with two attached hydrogens (primary N) is 1. The SMILES string of the molecule is COc1cc(NC(=O)NN(C)C)ccc1Oc1ccc(N)cc1C. The number of carbonyl (C=O) groups is 1. The van der Waals surface area contributed by atoms with Gasteiger partial charge < -0.3 is 20.5 Å². The summed E-state index contributed by atoms with van der Waals surface area (Å²) in [7, 11) is 5.00. The predicted molar refractivity (Wildman–Crippen MR) is 94.5 cm³/mol. The topological polar surface area (TPSA) is 88.8 Å². The van der Waals surface area contributed by atoms with Gasteiger partial charge in [0.05, 0.1) is 7.11 Å². The van der Waals surface area contributed by atoms with Gasteiger partial charge in [-0.1, -0.05) is 0 Å². The number of nitrogen functional groups attached to an aromatic ring is 1. The molecule has 0 aliphatic carbocycles. The summed E-state index contributed by atoms with van der Waals surface area (Å²) in [5.74, 6) is 1.74. The number of benzene rings is 2. The third-order valence-corrected chi connectivity index (χ3v) is 3.17. The van der Waals surface area contributed by atoms with Crippen molar-refractivity contribution in [3.05, 3.63) is 42.0 Å². The number of hydrogen-bond donors (Lipinski definition) is 3. The molecule has 2 amide bonds. The largest absolute Gasteiger partial charge is 0.493 e. The van der Waals surface area contributed by atoms with Crippen LogP contribution < -0.4 is 25.9 Å². The summed E-state index contributed by atoms with van der Waals surface area (Å²) in [5.41, 5.74) is 10.5. The number of rotatable bonds is 5. The summed E-state index contributed by atoms with van der Waals surface area (Å²) >= 11 is 0. The number of aryl methyl sites for hydroxylation is 1. The van der Waals surface area contributed by atoms with E-state index in [1.165, 1.54) is 0 Å². The Hall–Kier alpha value is -2.93. The first-order chi connectivity index (χ1) is 11.4. The van der Waals surface area contributed by atoms with Crippen molar-refractivity contribution in [1.29, 1.82) is 0 Å². The second-order valence-corrected chi connectivity index (χ2v) is 5.45. The number of methoxy groups -OCH3 is 1. The predicted octanol–water partition coefficient (Wildman–Crippen LogP) is 2.98. The molecule has 7 heteroatoms. The molecule has 2 rings (SSSR count). The molecule has 0 spiro atoms. The monoisotopic (exact) mass is 330 g/mol. The second kappa shape index (κ2) is 7.56. The lowest BCUT2D eigenvalue weighted by molar-refractivity contribution is 0.224. The summed E-state index contributed by atoms with van der Waals surface area (Å²) in [6, 6.07) is 10.2. The van der Waals surface area contributed by atoms with Crippen LogP contribution in [0.1, 0.15) is 5.56 Å². The molecule has 0 heterocycles. The quantitative estimate of drug-likeness (QED) is 0.579. The van der Waals surface area contributed by atoms with Gasteiger partial charge in [0.15, 0.2) is 11.5 Å². The molecule has 2 aromatic carbocycles. The van der Waals surface area contributed by atoms with Crippen LogP contribution in [-0.4, -0.2) is 32.2 Å². The van der Waals surface area contributed by atoms with Crippen LogP contribution >= 0.6 is 0 Å². The summed E-state index contributed by atoms with van der Waals surface area (Å²) in [6.45, 7) is 1.92. The molecule has 0 bridgehead atoms. The van der Waals surface area contributed by atoms with Crippen LogP contribution in [0.5, 0.6) is 17.2 Å². The first-order valence-corrected chi connectivity index (χ1v) is 7.36. The van der Waals surface area contributed by atoms with E-state index in [1.54, 1.807) is 56.5 Å². The Morgan fingerprint density at radius 3 is 2.42 bits per heavy atom. The Morgan fingerprint density at radius 2 is 1.79 bits per heavy atom. The minimum atomic E-state index is -0.342. The van der Waals surface area contributed by atoms with Gasteiger partial charge in [-0.15, -0.1) is 0 Å². The Labute approximate surface area is 141 Å². The van der Waals surface area contributed by atoms with Gasteiger partial charge in [-0.2, -0.15) is 0 Å². The Bertz CT molecular complexity index is 732. The van der Waals surface area contributed by atoms with Gasteiger partial charge in [0.25, 0.3) is 0 Å². The van der Waals surface area contributed by atoms with Gasteiger partial charge in [0.2, 0.25) is 0 Å². The van der Waals surface area contributed by atoms with E-state index < -0.39 is 0 Å². The van der Waals surface area contributed by atoms with Crippen LogP contribution in [0, 0.1) is 6.92 Å². The molecule has 0 radical (unpaired) electrons. The van der Waals surface area contributed by atoms with E-state index in [4.69, 9.17) is 15.2 Å². The van der Waals surface area contributed by atoms with Gasteiger partial charge in [-0.05, 0) is 42.8 Å². The van der Waals surface area contributed by atoms with Gasteiger partial charge in [-0.25, -0.2) is 9.80 Å². The third kappa shape index (κ3) is 4.53. The molecule has 0 atom stereocenters. The van der Waals surface area contributed by atoms with Crippen LogP contribution in [-0.2, 0) is 0 Å². The third-order valence-electron chi connectivity index (χ3n) is 3.17. The number of ether oxygens (including phenoxy) is 2. The fraction of sp³-hybridized carbons (Fsp3) is 0.235. The molecule has 0 saturated carbocycles. The van der Waals surface area contributed by atoms with Crippen molar-refractivity contribution in [3.63, 3.8) is 0 Å². The summed E-state index contributed by atoms with van der Waals surface area (Å²) in [4.78, 5) is 11.7.